The van der Waals surface area contributed by atoms with Crippen molar-refractivity contribution in [2.45, 2.75) is 0 Å². The van der Waals surface area contributed by atoms with Crippen molar-refractivity contribution in [1.29, 1.82) is 0 Å². The van der Waals surface area contributed by atoms with Gasteiger partial charge in [-0.1, -0.05) is 18.2 Å². The summed E-state index contributed by atoms with van der Waals surface area (Å²) in [5.41, 5.74) is 3.86. The van der Waals surface area contributed by atoms with E-state index >= 15 is 0 Å². The smallest absolute Gasteiger partial charge is 0.307 e. The lowest BCUT2D eigenvalue weighted by atomic mass is 10.2. The Morgan fingerprint density at radius 2 is 1.87 bits per heavy atom. The molecular weight excluding hydrogens is 386 g/mol. The van der Waals surface area contributed by atoms with E-state index in [4.69, 9.17) is 13.9 Å². The zero-order chi connectivity index (χ0) is 20.8. The lowest BCUT2D eigenvalue weighted by Crippen LogP contribution is -2.42. The molecule has 1 saturated heterocycles. The number of morpholine rings is 1. The summed E-state index contributed by atoms with van der Waals surface area (Å²) in [7, 11) is 0. The predicted octanol–water partition coefficient (Wildman–Crippen LogP) is 2.43. The fourth-order valence-electron chi connectivity index (χ4n) is 3.01. The lowest BCUT2D eigenvalue weighted by molar-refractivity contribution is -0.137. The summed E-state index contributed by atoms with van der Waals surface area (Å²) in [4.78, 5) is 26.0. The molecule has 1 N–H and O–H groups in total. The number of hydrazone groups is 1. The van der Waals surface area contributed by atoms with E-state index < -0.39 is 5.91 Å². The topological polar surface area (TPSA) is 93.4 Å². The van der Waals surface area contributed by atoms with Crippen LogP contribution in [0.5, 0.6) is 5.75 Å². The minimum Gasteiger partial charge on any atom is -0.484 e. The molecule has 8 heteroatoms. The summed E-state index contributed by atoms with van der Waals surface area (Å²) in [6.07, 6.45) is 1.52. The molecule has 8 nitrogen and oxygen atoms in total. The Labute approximate surface area is 173 Å². The molecule has 2 amide bonds. The Hall–Kier alpha value is -3.65. The van der Waals surface area contributed by atoms with Crippen molar-refractivity contribution >= 4 is 29.0 Å². The third kappa shape index (κ3) is 4.84. The summed E-state index contributed by atoms with van der Waals surface area (Å²) in [5, 5.41) is 4.81. The van der Waals surface area contributed by atoms with Crippen LogP contribution in [0.1, 0.15) is 16.1 Å². The molecule has 0 saturated carbocycles. The van der Waals surface area contributed by atoms with Crippen molar-refractivity contribution in [2.75, 3.05) is 32.9 Å². The van der Waals surface area contributed by atoms with E-state index in [0.29, 0.717) is 37.6 Å². The Kier molecular flexibility index (Phi) is 6.05. The van der Waals surface area contributed by atoms with Crippen LogP contribution >= 0.6 is 0 Å². The van der Waals surface area contributed by atoms with Crippen molar-refractivity contribution in [3.05, 3.63) is 65.9 Å². The largest absolute Gasteiger partial charge is 0.484 e. The van der Waals surface area contributed by atoms with Crippen LogP contribution in [0, 0.1) is 0 Å². The Balaban J connectivity index is 1.27. The van der Waals surface area contributed by atoms with E-state index in [0.717, 1.165) is 10.9 Å². The minimum absolute atomic E-state index is 0.0129. The summed E-state index contributed by atoms with van der Waals surface area (Å²) in [6.45, 7) is 2.30. The highest BCUT2D eigenvalue weighted by Gasteiger charge is 2.17. The van der Waals surface area contributed by atoms with Gasteiger partial charge in [-0.25, -0.2) is 5.43 Å². The first-order valence-corrected chi connectivity index (χ1v) is 9.59. The van der Waals surface area contributed by atoms with Crippen LogP contribution in [0.25, 0.3) is 11.0 Å². The van der Waals surface area contributed by atoms with E-state index in [2.05, 4.69) is 10.5 Å². The van der Waals surface area contributed by atoms with Crippen LogP contribution in [0.2, 0.25) is 0 Å². The van der Waals surface area contributed by atoms with Gasteiger partial charge in [-0.2, -0.15) is 5.10 Å². The third-order valence-corrected chi connectivity index (χ3v) is 4.64. The Morgan fingerprint density at radius 1 is 1.10 bits per heavy atom. The van der Waals surface area contributed by atoms with Crippen molar-refractivity contribution in [1.82, 2.24) is 10.3 Å². The quantitative estimate of drug-likeness (QED) is 0.500. The number of amides is 2. The van der Waals surface area contributed by atoms with Crippen LogP contribution in [-0.2, 0) is 9.53 Å². The Morgan fingerprint density at radius 3 is 2.63 bits per heavy atom. The molecule has 1 aliphatic rings. The highest BCUT2D eigenvalue weighted by Crippen LogP contribution is 2.18. The molecule has 154 valence electrons. The number of carbonyl (C=O) groups is 2. The summed E-state index contributed by atoms with van der Waals surface area (Å²) in [5.74, 6) is 0.295. The number of para-hydroxylation sites is 1. The number of fused-ring (bicyclic) bond motifs is 1. The van der Waals surface area contributed by atoms with Gasteiger partial charge < -0.3 is 18.8 Å². The van der Waals surface area contributed by atoms with Gasteiger partial charge in [-0.05, 0) is 42.0 Å². The molecule has 1 aromatic heterocycles. The average Bonchev–Trinajstić information content (AvgIpc) is 3.23. The van der Waals surface area contributed by atoms with Gasteiger partial charge in [-0.3, -0.25) is 9.59 Å². The van der Waals surface area contributed by atoms with Gasteiger partial charge in [0.2, 0.25) is 0 Å². The molecule has 0 radical (unpaired) electrons. The molecule has 1 fully saturated rings. The van der Waals surface area contributed by atoms with Crippen LogP contribution < -0.4 is 10.2 Å². The molecule has 0 spiro atoms. The first-order valence-electron chi connectivity index (χ1n) is 9.59. The average molecular weight is 407 g/mol. The maximum Gasteiger partial charge on any atom is 0.307 e. The third-order valence-electron chi connectivity index (χ3n) is 4.64. The second kappa shape index (κ2) is 9.23. The highest BCUT2D eigenvalue weighted by molar-refractivity contribution is 5.96. The van der Waals surface area contributed by atoms with Crippen LogP contribution in [0.15, 0.2) is 64.1 Å². The van der Waals surface area contributed by atoms with E-state index in [1.165, 1.54) is 6.21 Å². The van der Waals surface area contributed by atoms with E-state index in [-0.39, 0.29) is 18.3 Å². The first-order chi connectivity index (χ1) is 14.7. The van der Waals surface area contributed by atoms with Gasteiger partial charge >= 0.3 is 5.91 Å². The number of carbonyl (C=O) groups excluding carboxylic acids is 2. The number of hydrogen-bond donors (Lipinski definition) is 1. The predicted molar refractivity (Wildman–Crippen MR) is 111 cm³/mol. The van der Waals surface area contributed by atoms with Crippen molar-refractivity contribution in [2.24, 2.45) is 5.10 Å². The number of rotatable bonds is 6. The summed E-state index contributed by atoms with van der Waals surface area (Å²) < 4.78 is 16.3. The minimum atomic E-state index is -0.427. The molecule has 1 aliphatic heterocycles. The molecule has 0 unspecified atom stereocenters. The number of nitrogens with zero attached hydrogens (tertiary/aromatic N) is 2. The van der Waals surface area contributed by atoms with Gasteiger partial charge in [0.25, 0.3) is 5.91 Å². The van der Waals surface area contributed by atoms with Crippen LogP contribution in [0.4, 0.5) is 0 Å². The normalized spacial score (nSPS) is 14.2. The Bertz CT molecular complexity index is 1020. The van der Waals surface area contributed by atoms with Crippen molar-refractivity contribution in [3.63, 3.8) is 0 Å². The second-order valence-corrected chi connectivity index (χ2v) is 6.70. The number of ether oxygens (including phenoxy) is 2. The highest BCUT2D eigenvalue weighted by atomic mass is 16.5. The molecular formula is C22H21N3O5. The monoisotopic (exact) mass is 407 g/mol. The molecule has 30 heavy (non-hydrogen) atoms. The van der Waals surface area contributed by atoms with E-state index in [1.54, 1.807) is 41.3 Å². The molecule has 4 rings (SSSR count). The maximum atomic E-state index is 12.2. The van der Waals surface area contributed by atoms with E-state index in [1.807, 2.05) is 18.2 Å². The fraction of sp³-hybridized carbons (Fsp3) is 0.227. The van der Waals surface area contributed by atoms with Gasteiger partial charge in [0.05, 0.1) is 19.4 Å². The maximum absolute atomic E-state index is 12.2. The molecule has 2 aromatic carbocycles. The summed E-state index contributed by atoms with van der Waals surface area (Å²) >= 11 is 0. The number of benzene rings is 2. The second-order valence-electron chi connectivity index (χ2n) is 6.70. The van der Waals surface area contributed by atoms with Crippen molar-refractivity contribution < 1.29 is 23.5 Å². The molecule has 0 atom stereocenters. The van der Waals surface area contributed by atoms with Crippen LogP contribution in [-0.4, -0.2) is 55.8 Å². The number of furan rings is 1. The SMILES string of the molecule is O=C(N/N=C/c1ccc(OCC(=O)N2CCOCC2)cc1)c1cc2ccccc2o1. The molecule has 2 heterocycles. The molecule has 0 aliphatic carbocycles. The van der Waals surface area contributed by atoms with Crippen LogP contribution in [0.3, 0.4) is 0 Å². The zero-order valence-corrected chi connectivity index (χ0v) is 16.2. The van der Waals surface area contributed by atoms with Crippen molar-refractivity contribution in [3.8, 4) is 5.75 Å². The fourth-order valence-corrected chi connectivity index (χ4v) is 3.01. The van der Waals surface area contributed by atoms with Gasteiger partial charge in [0.1, 0.15) is 11.3 Å². The van der Waals surface area contributed by atoms with Gasteiger partial charge in [0, 0.05) is 18.5 Å². The standard InChI is InChI=1S/C22H21N3O5/c26-21(25-9-11-28-12-10-25)15-29-18-7-5-16(6-8-18)14-23-24-22(27)20-13-17-3-1-2-4-19(17)30-20/h1-8,13-14H,9-12,15H2,(H,24,27)/b23-14+. The number of hydrogen-bond acceptors (Lipinski definition) is 6. The summed E-state index contributed by atoms with van der Waals surface area (Å²) in [6, 6.07) is 16.1. The van der Waals surface area contributed by atoms with Gasteiger partial charge in [0.15, 0.2) is 12.4 Å². The number of nitrogens with one attached hydrogen (secondary N) is 1. The lowest BCUT2D eigenvalue weighted by Gasteiger charge is -2.26. The zero-order valence-electron chi connectivity index (χ0n) is 16.2. The van der Waals surface area contributed by atoms with E-state index in [9.17, 15) is 9.59 Å². The first kappa shape index (κ1) is 19.7. The molecule has 0 bridgehead atoms. The van der Waals surface area contributed by atoms with Gasteiger partial charge in [-0.15, -0.1) is 0 Å². The molecule has 3 aromatic rings.